The summed E-state index contributed by atoms with van der Waals surface area (Å²) in [6.45, 7) is 13.9. The van der Waals surface area contributed by atoms with Gasteiger partial charge in [-0.15, -0.1) is 6.58 Å². The fourth-order valence-corrected chi connectivity index (χ4v) is 15.9. The Balaban J connectivity index is 2.83. The second-order valence-corrected chi connectivity index (χ2v) is 16.8. The van der Waals surface area contributed by atoms with Crippen LogP contribution >= 0.6 is 0 Å². The van der Waals surface area contributed by atoms with E-state index in [4.69, 9.17) is 16.5 Å². The van der Waals surface area contributed by atoms with E-state index >= 15 is 0 Å². The molecule has 1 unspecified atom stereocenters. The average Bonchev–Trinajstić information content (AvgIpc) is 1.98. The van der Waals surface area contributed by atoms with Gasteiger partial charge in [0.15, 0.2) is 0 Å². The van der Waals surface area contributed by atoms with Crippen molar-refractivity contribution in [2.75, 3.05) is 0 Å². The second kappa shape index (κ2) is 4.37. The van der Waals surface area contributed by atoms with Crippen LogP contribution in [-0.2, 0) is 16.5 Å². The van der Waals surface area contributed by atoms with Crippen LogP contribution in [0, 0.1) is 0 Å². The first-order valence-corrected chi connectivity index (χ1v) is 14.2. The van der Waals surface area contributed by atoms with Crippen molar-refractivity contribution in [1.29, 1.82) is 0 Å². The molecule has 0 aliphatic carbocycles. The molecule has 8 heteroatoms. The maximum Gasteiger partial charge on any atom is 0.343 e. The first-order chi connectivity index (χ1) is 6.68. The second-order valence-electron chi connectivity index (χ2n) is 4.63. The van der Waals surface area contributed by atoms with Gasteiger partial charge in [0.05, 0.1) is 0 Å². The number of hydrogen-bond donors (Lipinski definition) is 0. The highest BCUT2D eigenvalue weighted by Gasteiger charge is 2.44. The summed E-state index contributed by atoms with van der Waals surface area (Å²) in [5.74, 6) is 0. The lowest BCUT2D eigenvalue weighted by atomic mass is 11.3. The number of hydrogen-bond acceptors (Lipinski definition) is 4. The summed E-state index contributed by atoms with van der Waals surface area (Å²) in [5.41, 5.74) is 1.81. The zero-order chi connectivity index (χ0) is 11.7. The van der Waals surface area contributed by atoms with Crippen molar-refractivity contribution in [2.45, 2.75) is 32.7 Å². The molecule has 0 bridgehead atoms. The molecule has 1 aliphatic rings. The van der Waals surface area contributed by atoms with E-state index < -0.39 is 35.7 Å². The summed E-state index contributed by atoms with van der Waals surface area (Å²) in [6, 6.07) is 0. The van der Waals surface area contributed by atoms with E-state index in [9.17, 15) is 0 Å². The van der Waals surface area contributed by atoms with E-state index in [1.807, 2.05) is 32.7 Å². The van der Waals surface area contributed by atoms with Gasteiger partial charge in [-0.3, -0.25) is 0 Å². The minimum absolute atomic E-state index is 0.992. The van der Waals surface area contributed by atoms with Gasteiger partial charge in [0.2, 0.25) is 0 Å². The highest BCUT2D eigenvalue weighted by Crippen LogP contribution is 2.24. The van der Waals surface area contributed by atoms with E-state index in [0.717, 1.165) is 0 Å². The van der Waals surface area contributed by atoms with Crippen LogP contribution in [0.1, 0.15) is 0 Å². The molecular formula is C7H20O4Si4. The van der Waals surface area contributed by atoms with Crippen LogP contribution in [0.4, 0.5) is 0 Å². The van der Waals surface area contributed by atoms with E-state index in [0.29, 0.717) is 0 Å². The predicted molar refractivity (Wildman–Crippen MR) is 69.7 cm³/mol. The Hall–Kier alpha value is 0.448. The van der Waals surface area contributed by atoms with Gasteiger partial charge in [0.1, 0.15) is 0 Å². The van der Waals surface area contributed by atoms with Gasteiger partial charge in [-0.2, -0.15) is 0 Å². The summed E-state index contributed by atoms with van der Waals surface area (Å²) in [6.07, 6.45) is 0. The highest BCUT2D eigenvalue weighted by molar-refractivity contribution is 6.89. The van der Waals surface area contributed by atoms with Crippen molar-refractivity contribution in [3.05, 3.63) is 12.3 Å². The third kappa shape index (κ3) is 4.07. The molecule has 0 saturated carbocycles. The summed E-state index contributed by atoms with van der Waals surface area (Å²) in [4.78, 5) is 0. The largest absolute Gasteiger partial charge is 0.420 e. The Morgan fingerprint density at radius 2 is 1.53 bits per heavy atom. The minimum Gasteiger partial charge on any atom is -0.420 e. The standard InChI is InChI=1S/C7H20O4Si4/c1-7-15(6)9-12-8-13(2,3)10-14(4,5)11-15/h7H,1,12H2,2-6H3. The summed E-state index contributed by atoms with van der Waals surface area (Å²) in [7, 11) is -7.39. The third-order valence-corrected chi connectivity index (χ3v) is 16.3. The Morgan fingerprint density at radius 3 is 2.07 bits per heavy atom. The van der Waals surface area contributed by atoms with Gasteiger partial charge >= 0.3 is 25.7 Å². The maximum absolute atomic E-state index is 6.06. The summed E-state index contributed by atoms with van der Waals surface area (Å²) < 4.78 is 23.7. The molecule has 4 nitrogen and oxygen atoms in total. The van der Waals surface area contributed by atoms with Gasteiger partial charge in [-0.1, -0.05) is 5.70 Å². The molecule has 0 aromatic carbocycles. The zero-order valence-electron chi connectivity index (χ0n) is 10.1. The van der Waals surface area contributed by atoms with Crippen molar-refractivity contribution in [3.8, 4) is 0 Å². The van der Waals surface area contributed by atoms with Crippen molar-refractivity contribution in [3.63, 3.8) is 0 Å². The molecule has 0 N–H and O–H groups in total. The lowest BCUT2D eigenvalue weighted by molar-refractivity contribution is 0.265. The van der Waals surface area contributed by atoms with Crippen molar-refractivity contribution in [1.82, 2.24) is 0 Å². The Morgan fingerprint density at radius 1 is 0.933 bits per heavy atom. The Labute approximate surface area is 97.4 Å². The molecule has 1 fully saturated rings. The molecule has 1 aliphatic heterocycles. The van der Waals surface area contributed by atoms with Crippen LogP contribution in [0.15, 0.2) is 12.3 Å². The zero-order valence-corrected chi connectivity index (χ0v) is 14.5. The minimum atomic E-state index is -2.23. The predicted octanol–water partition coefficient (Wildman–Crippen LogP) is 1.27. The summed E-state index contributed by atoms with van der Waals surface area (Å²) in [5, 5.41) is 0. The first kappa shape index (κ1) is 13.5. The van der Waals surface area contributed by atoms with Crippen LogP contribution in [0.25, 0.3) is 0 Å². The normalized spacial score (nSPS) is 36.9. The van der Waals surface area contributed by atoms with E-state index in [-0.39, 0.29) is 0 Å². The van der Waals surface area contributed by atoms with Gasteiger partial charge in [-0.05, 0) is 32.7 Å². The van der Waals surface area contributed by atoms with Crippen LogP contribution in [0.5, 0.6) is 0 Å². The molecule has 1 atom stereocenters. The van der Waals surface area contributed by atoms with Crippen molar-refractivity contribution < 1.29 is 16.5 Å². The molecule has 88 valence electrons. The smallest absolute Gasteiger partial charge is 0.343 e. The van der Waals surface area contributed by atoms with Crippen molar-refractivity contribution >= 4 is 35.7 Å². The molecule has 0 aromatic heterocycles. The van der Waals surface area contributed by atoms with Gasteiger partial charge in [0, 0.05) is 0 Å². The Kier molecular flexibility index (Phi) is 3.94. The lowest BCUT2D eigenvalue weighted by Crippen LogP contribution is -2.58. The fraction of sp³-hybridized carbons (Fsp3) is 0.714. The Bertz CT molecular complexity index is 257. The van der Waals surface area contributed by atoms with Gasteiger partial charge in [0.25, 0.3) is 10.0 Å². The maximum atomic E-state index is 6.06. The molecule has 0 amide bonds. The molecule has 1 heterocycles. The van der Waals surface area contributed by atoms with Crippen LogP contribution in [0.2, 0.25) is 32.7 Å². The lowest BCUT2D eigenvalue weighted by Gasteiger charge is -2.41. The molecule has 0 aromatic rings. The van der Waals surface area contributed by atoms with E-state index in [1.54, 1.807) is 5.70 Å². The highest BCUT2D eigenvalue weighted by atomic mass is 28.5. The fourth-order valence-electron chi connectivity index (χ4n) is 1.55. The van der Waals surface area contributed by atoms with Crippen LogP contribution in [0.3, 0.4) is 0 Å². The van der Waals surface area contributed by atoms with Crippen LogP contribution < -0.4 is 0 Å². The van der Waals surface area contributed by atoms with Crippen LogP contribution in [-0.4, -0.2) is 35.7 Å². The quantitative estimate of drug-likeness (QED) is 0.678. The molecule has 0 spiro atoms. The van der Waals surface area contributed by atoms with E-state index in [1.165, 1.54) is 0 Å². The molecule has 15 heavy (non-hydrogen) atoms. The SMILES string of the molecule is C=C[Si]1(C)O[SiH2]O[Si](C)(C)O[Si](C)(C)O1. The molecule has 1 rings (SSSR count). The first-order valence-electron chi connectivity index (χ1n) is 5.00. The molecule has 0 radical (unpaired) electrons. The molecule has 1 saturated heterocycles. The van der Waals surface area contributed by atoms with Gasteiger partial charge in [-0.25, -0.2) is 0 Å². The average molecular weight is 281 g/mol. The topological polar surface area (TPSA) is 36.9 Å². The van der Waals surface area contributed by atoms with Gasteiger partial charge < -0.3 is 16.5 Å². The summed E-state index contributed by atoms with van der Waals surface area (Å²) >= 11 is 0. The number of rotatable bonds is 1. The monoisotopic (exact) mass is 280 g/mol. The molecular weight excluding hydrogens is 260 g/mol. The third-order valence-electron chi connectivity index (χ3n) is 2.06. The van der Waals surface area contributed by atoms with E-state index in [2.05, 4.69) is 6.58 Å². The van der Waals surface area contributed by atoms with Crippen molar-refractivity contribution in [2.24, 2.45) is 0 Å².